The van der Waals surface area contributed by atoms with Gasteiger partial charge in [0, 0.05) is 18.8 Å². The zero-order valence-corrected chi connectivity index (χ0v) is 18.2. The van der Waals surface area contributed by atoms with Crippen molar-refractivity contribution in [1.29, 1.82) is 0 Å². The number of carbonyl (C=O) groups excluding carboxylic acids is 1. The van der Waals surface area contributed by atoms with Gasteiger partial charge >= 0.3 is 0 Å². The molecule has 1 unspecified atom stereocenters. The van der Waals surface area contributed by atoms with E-state index in [-0.39, 0.29) is 24.1 Å². The van der Waals surface area contributed by atoms with Crippen LogP contribution in [0, 0.1) is 5.92 Å². The number of hydrogen-bond donors (Lipinski definition) is 1. The molecule has 1 N–H and O–H groups in total. The monoisotopic (exact) mass is 432 g/mol. The number of nitrogens with zero attached hydrogens (tertiary/aromatic N) is 1. The summed E-state index contributed by atoms with van der Waals surface area (Å²) in [6, 6.07) is 14.4. The highest BCUT2D eigenvalue weighted by Gasteiger charge is 2.31. The molecule has 0 bridgehead atoms. The Labute approximate surface area is 178 Å². The van der Waals surface area contributed by atoms with Crippen molar-refractivity contribution in [2.24, 2.45) is 5.92 Å². The van der Waals surface area contributed by atoms with Gasteiger partial charge in [0.1, 0.15) is 5.75 Å². The minimum atomic E-state index is -3.29. The van der Waals surface area contributed by atoms with Crippen LogP contribution in [-0.2, 0) is 14.8 Å². The summed E-state index contributed by atoms with van der Waals surface area (Å²) in [5, 5.41) is 2.89. The fraction of sp³-hybridized carbons (Fsp3) is 0.409. The summed E-state index contributed by atoms with van der Waals surface area (Å²) in [6.45, 7) is 2.57. The highest BCUT2D eigenvalue weighted by atomic mass is 32.2. The first-order chi connectivity index (χ1) is 14.4. The van der Waals surface area contributed by atoms with Gasteiger partial charge in [-0.1, -0.05) is 19.1 Å². The van der Waals surface area contributed by atoms with E-state index in [9.17, 15) is 13.2 Å². The maximum atomic E-state index is 12.7. The molecule has 0 aromatic heterocycles. The van der Waals surface area contributed by atoms with Crippen LogP contribution in [0.1, 0.15) is 26.2 Å². The van der Waals surface area contributed by atoms with Gasteiger partial charge in [-0.3, -0.25) is 4.79 Å². The van der Waals surface area contributed by atoms with E-state index in [1.54, 1.807) is 31.4 Å². The fourth-order valence-corrected chi connectivity index (χ4v) is 5.07. The number of methoxy groups -OCH3 is 1. The van der Waals surface area contributed by atoms with E-state index < -0.39 is 10.0 Å². The molecule has 0 radical (unpaired) electrons. The number of amides is 1. The molecule has 0 spiro atoms. The summed E-state index contributed by atoms with van der Waals surface area (Å²) in [5.74, 6) is 1.46. The zero-order valence-electron chi connectivity index (χ0n) is 17.3. The van der Waals surface area contributed by atoms with Gasteiger partial charge in [-0.2, -0.15) is 0 Å². The summed E-state index contributed by atoms with van der Waals surface area (Å²) in [6.07, 6.45) is 1.94. The normalized spacial score (nSPS) is 17.3. The Balaban J connectivity index is 1.60. The molecule has 0 saturated carbocycles. The third-order valence-corrected chi connectivity index (χ3v) is 7.07. The maximum Gasteiger partial charge on any atom is 0.228 e. The van der Waals surface area contributed by atoms with Crippen molar-refractivity contribution >= 4 is 21.6 Å². The average Bonchev–Trinajstić information content (AvgIpc) is 2.75. The number of ether oxygens (including phenoxy) is 2. The van der Waals surface area contributed by atoms with E-state index in [1.165, 1.54) is 4.31 Å². The van der Waals surface area contributed by atoms with Crippen molar-refractivity contribution in [3.05, 3.63) is 48.5 Å². The number of nitrogens with one attached hydrogen (secondary N) is 1. The molecule has 2 aromatic rings. The number of para-hydroxylation sites is 2. The van der Waals surface area contributed by atoms with Crippen molar-refractivity contribution in [3.8, 4) is 17.2 Å². The average molecular weight is 433 g/mol. The molecule has 1 aliphatic rings. The second-order valence-corrected chi connectivity index (χ2v) is 9.37. The topological polar surface area (TPSA) is 84.9 Å². The van der Waals surface area contributed by atoms with Gasteiger partial charge < -0.3 is 14.8 Å². The lowest BCUT2D eigenvalue weighted by Gasteiger charge is -2.31. The predicted octanol–water partition coefficient (Wildman–Crippen LogP) is 3.88. The molecular weight excluding hydrogens is 404 g/mol. The van der Waals surface area contributed by atoms with E-state index in [4.69, 9.17) is 9.47 Å². The van der Waals surface area contributed by atoms with E-state index in [0.717, 1.165) is 0 Å². The summed E-state index contributed by atoms with van der Waals surface area (Å²) in [7, 11) is -1.70. The first-order valence-corrected chi connectivity index (χ1v) is 11.7. The molecule has 1 saturated heterocycles. The Kier molecular flexibility index (Phi) is 7.33. The number of benzene rings is 2. The third kappa shape index (κ3) is 5.52. The van der Waals surface area contributed by atoms with Crippen molar-refractivity contribution in [2.75, 3.05) is 31.3 Å². The number of hydrogen-bond acceptors (Lipinski definition) is 5. The molecule has 7 nitrogen and oxygen atoms in total. The molecule has 1 atom stereocenters. The van der Waals surface area contributed by atoms with E-state index >= 15 is 0 Å². The SMILES string of the molecule is CCCS(=O)(=O)N1CCCC(C(=O)Nc2ccc(Oc3ccccc3OC)cc2)C1. The zero-order chi connectivity index (χ0) is 21.6. The Bertz CT molecular complexity index is 960. The largest absolute Gasteiger partial charge is 0.493 e. The minimum Gasteiger partial charge on any atom is -0.493 e. The van der Waals surface area contributed by atoms with E-state index in [2.05, 4.69) is 5.32 Å². The Morgan fingerprint density at radius 3 is 2.50 bits per heavy atom. The van der Waals surface area contributed by atoms with Crippen LogP contribution >= 0.6 is 0 Å². The number of piperidine rings is 1. The number of sulfonamides is 1. The summed E-state index contributed by atoms with van der Waals surface area (Å²) < 4.78 is 37.2. The molecule has 3 rings (SSSR count). The molecule has 8 heteroatoms. The van der Waals surface area contributed by atoms with Crippen LogP contribution < -0.4 is 14.8 Å². The van der Waals surface area contributed by atoms with Crippen molar-refractivity contribution < 1.29 is 22.7 Å². The van der Waals surface area contributed by atoms with Crippen LogP contribution in [0.2, 0.25) is 0 Å². The van der Waals surface area contributed by atoms with E-state index in [1.807, 2.05) is 31.2 Å². The first-order valence-electron chi connectivity index (χ1n) is 10.1. The van der Waals surface area contributed by atoms with Gasteiger partial charge in [-0.15, -0.1) is 0 Å². The van der Waals surface area contributed by atoms with Crippen LogP contribution in [0.25, 0.3) is 0 Å². The second kappa shape index (κ2) is 9.95. The molecule has 0 aliphatic carbocycles. The van der Waals surface area contributed by atoms with E-state index in [0.29, 0.717) is 48.7 Å². The Morgan fingerprint density at radius 1 is 1.13 bits per heavy atom. The lowest BCUT2D eigenvalue weighted by molar-refractivity contribution is -0.120. The maximum absolute atomic E-state index is 12.7. The molecule has 1 heterocycles. The highest BCUT2D eigenvalue weighted by Crippen LogP contribution is 2.31. The molecule has 162 valence electrons. The molecule has 2 aromatic carbocycles. The summed E-state index contributed by atoms with van der Waals surface area (Å²) >= 11 is 0. The van der Waals surface area contributed by atoms with Crippen LogP contribution in [0.3, 0.4) is 0 Å². The van der Waals surface area contributed by atoms with Crippen LogP contribution in [0.4, 0.5) is 5.69 Å². The second-order valence-electron chi connectivity index (χ2n) is 7.28. The molecule has 1 fully saturated rings. The van der Waals surface area contributed by atoms with Gasteiger partial charge in [-0.05, 0) is 55.7 Å². The first kappa shape index (κ1) is 22.1. The van der Waals surface area contributed by atoms with Gasteiger partial charge in [0.2, 0.25) is 15.9 Å². The van der Waals surface area contributed by atoms with Crippen molar-refractivity contribution in [3.63, 3.8) is 0 Å². The number of carbonyl (C=O) groups is 1. The Hall–Kier alpha value is -2.58. The minimum absolute atomic E-state index is 0.120. The van der Waals surface area contributed by atoms with Crippen molar-refractivity contribution in [1.82, 2.24) is 4.31 Å². The third-order valence-electron chi connectivity index (χ3n) is 5.03. The fourth-order valence-electron chi connectivity index (χ4n) is 3.48. The van der Waals surface area contributed by atoms with Crippen LogP contribution in [-0.4, -0.2) is 44.6 Å². The predicted molar refractivity (Wildman–Crippen MR) is 117 cm³/mol. The van der Waals surface area contributed by atoms with Gasteiger partial charge in [0.25, 0.3) is 0 Å². The Morgan fingerprint density at radius 2 is 1.83 bits per heavy atom. The quantitative estimate of drug-likeness (QED) is 0.684. The molecule has 30 heavy (non-hydrogen) atoms. The molecule has 1 aliphatic heterocycles. The van der Waals surface area contributed by atoms with Gasteiger partial charge in [0.05, 0.1) is 18.8 Å². The van der Waals surface area contributed by atoms with Crippen LogP contribution in [0.15, 0.2) is 48.5 Å². The van der Waals surface area contributed by atoms with Gasteiger partial charge in [-0.25, -0.2) is 12.7 Å². The molecular formula is C22H28N2O5S. The highest BCUT2D eigenvalue weighted by molar-refractivity contribution is 7.89. The van der Waals surface area contributed by atoms with Crippen molar-refractivity contribution in [2.45, 2.75) is 26.2 Å². The number of rotatable bonds is 8. The molecule has 1 amide bonds. The summed E-state index contributed by atoms with van der Waals surface area (Å²) in [5.41, 5.74) is 0.640. The lowest BCUT2D eigenvalue weighted by Crippen LogP contribution is -2.44. The van der Waals surface area contributed by atoms with Crippen LogP contribution in [0.5, 0.6) is 17.2 Å². The standard InChI is InChI=1S/C22H28N2O5S/c1-3-15-30(26,27)24-14-6-7-17(16-24)22(25)23-18-10-12-19(13-11-18)29-21-9-5-4-8-20(21)28-2/h4-5,8-13,17H,3,6-7,14-16H2,1-2H3,(H,23,25). The van der Waals surface area contributed by atoms with Gasteiger partial charge in [0.15, 0.2) is 11.5 Å². The number of anilines is 1. The summed E-state index contributed by atoms with van der Waals surface area (Å²) in [4.78, 5) is 12.7. The lowest BCUT2D eigenvalue weighted by atomic mass is 9.99. The smallest absolute Gasteiger partial charge is 0.228 e.